The van der Waals surface area contributed by atoms with E-state index in [1.807, 2.05) is 50.2 Å². The van der Waals surface area contributed by atoms with Crippen molar-refractivity contribution in [1.82, 2.24) is 4.90 Å². The van der Waals surface area contributed by atoms with Crippen LogP contribution in [0.25, 0.3) is 0 Å². The first-order valence-electron chi connectivity index (χ1n) is 10.6. The largest absolute Gasteiger partial charge is 0.494 e. The molecule has 0 spiro atoms. The van der Waals surface area contributed by atoms with Gasteiger partial charge in [-0.25, -0.2) is 0 Å². The Hall–Kier alpha value is -1.75. The first kappa shape index (κ1) is 26.5. The summed E-state index contributed by atoms with van der Waals surface area (Å²) in [7, 11) is 0. The van der Waals surface area contributed by atoms with Crippen molar-refractivity contribution in [3.63, 3.8) is 0 Å². The van der Waals surface area contributed by atoms with E-state index in [1.54, 1.807) is 0 Å². The Kier molecular flexibility index (Phi) is 11.4. The fourth-order valence-electron chi connectivity index (χ4n) is 3.54. The van der Waals surface area contributed by atoms with E-state index in [0.29, 0.717) is 49.7 Å². The van der Waals surface area contributed by atoms with Crippen LogP contribution in [-0.4, -0.2) is 56.9 Å². The van der Waals surface area contributed by atoms with Gasteiger partial charge in [0.05, 0.1) is 44.7 Å². The van der Waals surface area contributed by atoms with Gasteiger partial charge in [0.25, 0.3) is 0 Å². The zero-order valence-corrected chi connectivity index (χ0v) is 21.6. The van der Waals surface area contributed by atoms with Crippen molar-refractivity contribution in [2.24, 2.45) is 10.7 Å². The van der Waals surface area contributed by atoms with E-state index in [9.17, 15) is 0 Å². The van der Waals surface area contributed by atoms with Crippen LogP contribution in [0.5, 0.6) is 11.5 Å². The van der Waals surface area contributed by atoms with Gasteiger partial charge < -0.3 is 25.3 Å². The fraction of sp³-hybridized carbons (Fsp3) is 0.435. The number of halogens is 2. The molecule has 1 atom stereocenters. The molecule has 0 aromatic heterocycles. The summed E-state index contributed by atoms with van der Waals surface area (Å²) in [4.78, 5) is 6.99. The number of aliphatic imine (C=N–C) groups is 1. The van der Waals surface area contributed by atoms with Gasteiger partial charge in [-0.15, -0.1) is 24.0 Å². The third kappa shape index (κ3) is 7.68. The summed E-state index contributed by atoms with van der Waals surface area (Å²) < 4.78 is 16.8. The average Bonchev–Trinajstić information content (AvgIpc) is 2.77. The summed E-state index contributed by atoms with van der Waals surface area (Å²) in [6, 6.07) is 13.6. The molecule has 1 saturated heterocycles. The Bertz CT molecular complexity index is 878. The Morgan fingerprint density at radius 2 is 1.91 bits per heavy atom. The summed E-state index contributed by atoms with van der Waals surface area (Å²) in [5.41, 5.74) is 8.09. The molecule has 0 bridgehead atoms. The van der Waals surface area contributed by atoms with Crippen LogP contribution in [0, 0.1) is 0 Å². The van der Waals surface area contributed by atoms with Gasteiger partial charge in [-0.3, -0.25) is 9.89 Å². The van der Waals surface area contributed by atoms with Crippen LogP contribution in [-0.2, 0) is 4.74 Å². The number of nitrogens with one attached hydrogen (secondary N) is 1. The number of rotatable bonds is 9. The van der Waals surface area contributed by atoms with Crippen molar-refractivity contribution in [3.05, 3.63) is 53.1 Å². The van der Waals surface area contributed by atoms with Gasteiger partial charge >= 0.3 is 0 Å². The van der Waals surface area contributed by atoms with Crippen LogP contribution in [0.2, 0.25) is 5.02 Å². The van der Waals surface area contributed by atoms with Gasteiger partial charge in [0.1, 0.15) is 11.5 Å². The van der Waals surface area contributed by atoms with E-state index >= 15 is 0 Å². The molecule has 1 unspecified atom stereocenters. The number of morpholine rings is 1. The summed E-state index contributed by atoms with van der Waals surface area (Å²) in [5.74, 6) is 1.75. The molecule has 0 amide bonds. The number of hydrogen-bond donors (Lipinski definition) is 2. The number of hydrogen-bond acceptors (Lipinski definition) is 5. The SMILES string of the molecule is CCOc1ccc(OCC)c(NC(N)=NCC(c2cccc(Cl)c2)N2CCOCC2)c1.I. The van der Waals surface area contributed by atoms with E-state index in [2.05, 4.69) is 21.3 Å². The zero-order chi connectivity index (χ0) is 22.1. The first-order valence-corrected chi connectivity index (χ1v) is 11.0. The fourth-order valence-corrected chi connectivity index (χ4v) is 3.74. The van der Waals surface area contributed by atoms with Gasteiger partial charge in [-0.05, 0) is 43.7 Å². The molecule has 0 aliphatic carbocycles. The van der Waals surface area contributed by atoms with Crippen LogP contribution in [0.4, 0.5) is 5.69 Å². The molecule has 2 aromatic carbocycles. The summed E-state index contributed by atoms with van der Waals surface area (Å²) in [6.45, 7) is 8.60. The van der Waals surface area contributed by atoms with E-state index in [0.717, 1.165) is 30.1 Å². The minimum absolute atomic E-state index is 0. The van der Waals surface area contributed by atoms with Crippen molar-refractivity contribution >= 4 is 47.2 Å². The van der Waals surface area contributed by atoms with E-state index in [-0.39, 0.29) is 30.0 Å². The summed E-state index contributed by atoms with van der Waals surface area (Å²) in [6.07, 6.45) is 0. The van der Waals surface area contributed by atoms with Crippen LogP contribution >= 0.6 is 35.6 Å². The van der Waals surface area contributed by atoms with Gasteiger partial charge in [0, 0.05) is 24.2 Å². The first-order chi connectivity index (χ1) is 15.1. The van der Waals surface area contributed by atoms with Crippen molar-refractivity contribution in [2.45, 2.75) is 19.9 Å². The molecule has 7 nitrogen and oxygen atoms in total. The zero-order valence-electron chi connectivity index (χ0n) is 18.6. The molecular formula is C23H32ClIN4O3. The monoisotopic (exact) mass is 574 g/mol. The Morgan fingerprint density at radius 3 is 2.59 bits per heavy atom. The van der Waals surface area contributed by atoms with Crippen molar-refractivity contribution < 1.29 is 14.2 Å². The van der Waals surface area contributed by atoms with Crippen LogP contribution < -0.4 is 20.5 Å². The molecule has 32 heavy (non-hydrogen) atoms. The molecule has 1 aliphatic rings. The molecule has 1 fully saturated rings. The lowest BCUT2D eigenvalue weighted by molar-refractivity contribution is 0.0180. The number of nitrogens with two attached hydrogens (primary N) is 1. The molecule has 1 aliphatic heterocycles. The second-order valence-corrected chi connectivity index (χ2v) is 7.53. The van der Waals surface area contributed by atoms with Gasteiger partial charge in [-0.1, -0.05) is 23.7 Å². The smallest absolute Gasteiger partial charge is 0.193 e. The van der Waals surface area contributed by atoms with Crippen molar-refractivity contribution in [3.8, 4) is 11.5 Å². The third-order valence-corrected chi connectivity index (χ3v) is 5.21. The lowest BCUT2D eigenvalue weighted by Crippen LogP contribution is -2.40. The quantitative estimate of drug-likeness (QED) is 0.260. The molecular weight excluding hydrogens is 543 g/mol. The van der Waals surface area contributed by atoms with Crippen molar-refractivity contribution in [2.75, 3.05) is 51.4 Å². The molecule has 176 valence electrons. The van der Waals surface area contributed by atoms with Crippen molar-refractivity contribution in [1.29, 1.82) is 0 Å². The molecule has 0 radical (unpaired) electrons. The van der Waals surface area contributed by atoms with Gasteiger partial charge in [-0.2, -0.15) is 0 Å². The molecule has 0 saturated carbocycles. The maximum atomic E-state index is 6.25. The number of anilines is 1. The Morgan fingerprint density at radius 1 is 1.16 bits per heavy atom. The molecule has 3 rings (SSSR count). The van der Waals surface area contributed by atoms with E-state index < -0.39 is 0 Å². The van der Waals surface area contributed by atoms with Crippen LogP contribution in [0.15, 0.2) is 47.5 Å². The van der Waals surface area contributed by atoms with Gasteiger partial charge in [0.2, 0.25) is 0 Å². The topological polar surface area (TPSA) is 81.3 Å². The highest BCUT2D eigenvalue weighted by Crippen LogP contribution is 2.30. The molecule has 1 heterocycles. The standard InChI is InChI=1S/C23H31ClN4O3.HI/c1-3-30-19-8-9-22(31-4-2)20(15-19)27-23(25)26-16-21(28-10-12-29-13-11-28)17-6-5-7-18(24)14-17;/h5-9,14-15,21H,3-4,10-13,16H2,1-2H3,(H3,25,26,27);1H. The average molecular weight is 575 g/mol. The minimum atomic E-state index is 0. The predicted molar refractivity (Wildman–Crippen MR) is 141 cm³/mol. The highest BCUT2D eigenvalue weighted by atomic mass is 127. The predicted octanol–water partition coefficient (Wildman–Crippen LogP) is 4.56. The number of guanidine groups is 1. The lowest BCUT2D eigenvalue weighted by atomic mass is 10.0. The maximum absolute atomic E-state index is 6.25. The lowest BCUT2D eigenvalue weighted by Gasteiger charge is -2.34. The molecule has 2 aromatic rings. The van der Waals surface area contributed by atoms with Crippen LogP contribution in [0.1, 0.15) is 25.5 Å². The van der Waals surface area contributed by atoms with E-state index in [1.165, 1.54) is 0 Å². The Balaban J connectivity index is 0.00000363. The Labute approximate surface area is 212 Å². The van der Waals surface area contributed by atoms with Crippen LogP contribution in [0.3, 0.4) is 0 Å². The molecule has 9 heteroatoms. The summed E-state index contributed by atoms with van der Waals surface area (Å²) >= 11 is 6.24. The summed E-state index contributed by atoms with van der Waals surface area (Å²) in [5, 5.41) is 3.88. The second kappa shape index (κ2) is 13.7. The highest BCUT2D eigenvalue weighted by Gasteiger charge is 2.23. The van der Waals surface area contributed by atoms with E-state index in [4.69, 9.17) is 31.5 Å². The maximum Gasteiger partial charge on any atom is 0.193 e. The minimum Gasteiger partial charge on any atom is -0.494 e. The number of nitrogens with zero attached hydrogens (tertiary/aromatic N) is 2. The second-order valence-electron chi connectivity index (χ2n) is 7.09. The third-order valence-electron chi connectivity index (χ3n) is 4.98. The number of ether oxygens (including phenoxy) is 3. The normalized spacial score (nSPS) is 15.5. The molecule has 3 N–H and O–H groups in total. The highest BCUT2D eigenvalue weighted by molar-refractivity contribution is 14.0. The number of benzene rings is 2. The van der Waals surface area contributed by atoms with Gasteiger partial charge in [0.15, 0.2) is 5.96 Å².